The number of carbonyl (C=O) groups is 1. The van der Waals surface area contributed by atoms with Crippen LogP contribution >= 0.6 is 0 Å². The van der Waals surface area contributed by atoms with Crippen LogP contribution in [0.4, 0.5) is 0 Å². The second-order valence-corrected chi connectivity index (χ2v) is 4.96. The molecule has 1 amide bonds. The maximum absolute atomic E-state index is 11.9. The fraction of sp³-hybridized carbons (Fsp3) is 0.533. The maximum atomic E-state index is 11.9. The van der Waals surface area contributed by atoms with Crippen molar-refractivity contribution in [2.75, 3.05) is 26.9 Å². The Hall–Kier alpha value is -1.79. The van der Waals surface area contributed by atoms with E-state index in [1.165, 1.54) is 0 Å². The molecule has 1 heterocycles. The van der Waals surface area contributed by atoms with Gasteiger partial charge in [-0.3, -0.25) is 4.79 Å². The largest absolute Gasteiger partial charge is 0.497 e. The summed E-state index contributed by atoms with van der Waals surface area (Å²) in [4.78, 5) is 11.9. The van der Waals surface area contributed by atoms with E-state index in [0.717, 1.165) is 18.4 Å². The van der Waals surface area contributed by atoms with Crippen molar-refractivity contribution in [3.63, 3.8) is 0 Å². The predicted octanol–water partition coefficient (Wildman–Crippen LogP) is 0.828. The number of methoxy groups -OCH3 is 1. The standard InChI is InChI=1S/C15H22N2O4/c1-19-13-6-11(9-16)7-14(8-13)21-10-15(18)17-12-2-4-20-5-3-12/h6-8,12H,2-5,9-10,16H2,1H3,(H,17,18). The molecule has 0 unspecified atom stereocenters. The van der Waals surface area contributed by atoms with Crippen molar-refractivity contribution in [3.05, 3.63) is 23.8 Å². The van der Waals surface area contributed by atoms with E-state index >= 15 is 0 Å². The molecule has 0 bridgehead atoms. The first-order valence-corrected chi connectivity index (χ1v) is 7.09. The first-order valence-electron chi connectivity index (χ1n) is 7.09. The molecule has 3 N–H and O–H groups in total. The van der Waals surface area contributed by atoms with Gasteiger partial charge in [0.25, 0.3) is 5.91 Å². The Balaban J connectivity index is 1.85. The summed E-state index contributed by atoms with van der Waals surface area (Å²) in [6.45, 7) is 1.76. The van der Waals surface area contributed by atoms with Crippen molar-refractivity contribution in [1.29, 1.82) is 0 Å². The highest BCUT2D eigenvalue weighted by Gasteiger charge is 2.16. The summed E-state index contributed by atoms with van der Waals surface area (Å²) >= 11 is 0. The van der Waals surface area contributed by atoms with Gasteiger partial charge in [0.2, 0.25) is 0 Å². The molecule has 116 valence electrons. The highest BCUT2D eigenvalue weighted by molar-refractivity contribution is 5.77. The lowest BCUT2D eigenvalue weighted by atomic mass is 10.1. The van der Waals surface area contributed by atoms with E-state index in [4.69, 9.17) is 19.9 Å². The van der Waals surface area contributed by atoms with Crippen molar-refractivity contribution in [2.24, 2.45) is 5.73 Å². The van der Waals surface area contributed by atoms with E-state index in [1.54, 1.807) is 13.2 Å². The lowest BCUT2D eigenvalue weighted by molar-refractivity contribution is -0.124. The molecule has 6 nitrogen and oxygen atoms in total. The SMILES string of the molecule is COc1cc(CN)cc(OCC(=O)NC2CCOCC2)c1. The lowest BCUT2D eigenvalue weighted by Gasteiger charge is -2.23. The van der Waals surface area contributed by atoms with Crippen molar-refractivity contribution in [3.8, 4) is 11.5 Å². The summed E-state index contributed by atoms with van der Waals surface area (Å²) in [7, 11) is 1.58. The smallest absolute Gasteiger partial charge is 0.258 e. The number of hydrogen-bond donors (Lipinski definition) is 2. The Bertz CT molecular complexity index is 450. The molecule has 1 aliphatic heterocycles. The van der Waals surface area contributed by atoms with Crippen LogP contribution in [0.5, 0.6) is 11.5 Å². The summed E-state index contributed by atoms with van der Waals surface area (Å²) in [6, 6.07) is 5.57. The zero-order chi connectivity index (χ0) is 15.1. The summed E-state index contributed by atoms with van der Waals surface area (Å²) in [5, 5.41) is 2.95. The van der Waals surface area contributed by atoms with Gasteiger partial charge in [0.15, 0.2) is 6.61 Å². The van der Waals surface area contributed by atoms with Crippen LogP contribution in [-0.4, -0.2) is 38.9 Å². The van der Waals surface area contributed by atoms with Crippen LogP contribution in [-0.2, 0) is 16.1 Å². The molecule has 1 aliphatic rings. The first-order chi connectivity index (χ1) is 10.2. The van der Waals surface area contributed by atoms with Crippen LogP contribution in [0.25, 0.3) is 0 Å². The monoisotopic (exact) mass is 294 g/mol. The number of amides is 1. The summed E-state index contributed by atoms with van der Waals surface area (Å²) in [5.41, 5.74) is 6.52. The Morgan fingerprint density at radius 3 is 2.71 bits per heavy atom. The van der Waals surface area contributed by atoms with E-state index in [2.05, 4.69) is 5.32 Å². The van der Waals surface area contributed by atoms with Crippen molar-refractivity contribution >= 4 is 5.91 Å². The van der Waals surface area contributed by atoms with Crippen LogP contribution in [0.15, 0.2) is 18.2 Å². The fourth-order valence-electron chi connectivity index (χ4n) is 2.21. The van der Waals surface area contributed by atoms with Gasteiger partial charge in [-0.15, -0.1) is 0 Å². The van der Waals surface area contributed by atoms with E-state index in [0.29, 0.717) is 31.3 Å². The number of nitrogens with one attached hydrogen (secondary N) is 1. The molecule has 21 heavy (non-hydrogen) atoms. The lowest BCUT2D eigenvalue weighted by Crippen LogP contribution is -2.41. The minimum atomic E-state index is -0.126. The quantitative estimate of drug-likeness (QED) is 0.812. The molecule has 6 heteroatoms. The molecule has 0 radical (unpaired) electrons. The van der Waals surface area contributed by atoms with Crippen molar-refractivity contribution < 1.29 is 19.0 Å². The Kier molecular flexibility index (Phi) is 5.83. The predicted molar refractivity (Wildman–Crippen MR) is 78.4 cm³/mol. The van der Waals surface area contributed by atoms with Crippen LogP contribution in [0.2, 0.25) is 0 Å². The molecular formula is C15H22N2O4. The summed E-state index contributed by atoms with van der Waals surface area (Å²) < 4.78 is 15.9. The van der Waals surface area contributed by atoms with Crippen LogP contribution in [0.1, 0.15) is 18.4 Å². The second-order valence-electron chi connectivity index (χ2n) is 4.96. The minimum absolute atomic E-state index is 0.0193. The van der Waals surface area contributed by atoms with Gasteiger partial charge in [-0.05, 0) is 30.5 Å². The molecule has 0 spiro atoms. The number of ether oxygens (including phenoxy) is 3. The van der Waals surface area contributed by atoms with Crippen LogP contribution in [0.3, 0.4) is 0 Å². The van der Waals surface area contributed by atoms with Crippen molar-refractivity contribution in [1.82, 2.24) is 5.32 Å². The normalized spacial score (nSPS) is 15.5. The molecule has 1 saturated heterocycles. The topological polar surface area (TPSA) is 82.8 Å². The third kappa shape index (κ3) is 4.91. The van der Waals surface area contributed by atoms with E-state index < -0.39 is 0 Å². The average molecular weight is 294 g/mol. The zero-order valence-corrected chi connectivity index (χ0v) is 12.3. The Morgan fingerprint density at radius 2 is 2.05 bits per heavy atom. The first kappa shape index (κ1) is 15.6. The number of hydrogen-bond acceptors (Lipinski definition) is 5. The molecule has 2 rings (SSSR count). The van der Waals surface area contributed by atoms with Gasteiger partial charge in [0.1, 0.15) is 11.5 Å². The Morgan fingerprint density at radius 1 is 1.33 bits per heavy atom. The van der Waals surface area contributed by atoms with Gasteiger partial charge in [-0.25, -0.2) is 0 Å². The molecule has 0 saturated carbocycles. The highest BCUT2D eigenvalue weighted by atomic mass is 16.5. The van der Waals surface area contributed by atoms with Gasteiger partial charge in [-0.1, -0.05) is 0 Å². The van der Waals surface area contributed by atoms with Crippen molar-refractivity contribution in [2.45, 2.75) is 25.4 Å². The highest BCUT2D eigenvalue weighted by Crippen LogP contribution is 2.22. The number of rotatable bonds is 6. The second kappa shape index (κ2) is 7.85. The number of carbonyl (C=O) groups excluding carboxylic acids is 1. The minimum Gasteiger partial charge on any atom is -0.497 e. The molecule has 0 aliphatic carbocycles. The zero-order valence-electron chi connectivity index (χ0n) is 12.3. The fourth-order valence-corrected chi connectivity index (χ4v) is 2.21. The van der Waals surface area contributed by atoms with Gasteiger partial charge in [0.05, 0.1) is 7.11 Å². The van der Waals surface area contributed by atoms with Gasteiger partial charge in [0, 0.05) is 31.9 Å². The molecule has 1 aromatic rings. The number of nitrogens with two attached hydrogens (primary N) is 1. The molecular weight excluding hydrogens is 272 g/mol. The van der Waals surface area contributed by atoms with E-state index in [9.17, 15) is 4.79 Å². The number of benzene rings is 1. The molecule has 0 aromatic heterocycles. The summed E-state index contributed by atoms with van der Waals surface area (Å²) in [5.74, 6) is 1.12. The van der Waals surface area contributed by atoms with E-state index in [1.807, 2.05) is 12.1 Å². The maximum Gasteiger partial charge on any atom is 0.258 e. The third-order valence-corrected chi connectivity index (χ3v) is 3.37. The molecule has 1 aromatic carbocycles. The molecule has 1 fully saturated rings. The van der Waals surface area contributed by atoms with Crippen LogP contribution < -0.4 is 20.5 Å². The Labute approximate surface area is 124 Å². The van der Waals surface area contributed by atoms with Crippen LogP contribution in [0, 0.1) is 0 Å². The van der Waals surface area contributed by atoms with Gasteiger partial charge >= 0.3 is 0 Å². The van der Waals surface area contributed by atoms with E-state index in [-0.39, 0.29) is 18.6 Å². The third-order valence-electron chi connectivity index (χ3n) is 3.37. The molecule has 0 atom stereocenters. The van der Waals surface area contributed by atoms with Gasteiger partial charge in [-0.2, -0.15) is 0 Å². The van der Waals surface area contributed by atoms with Gasteiger partial charge < -0.3 is 25.3 Å². The average Bonchev–Trinajstić information content (AvgIpc) is 2.53. The summed E-state index contributed by atoms with van der Waals surface area (Å²) in [6.07, 6.45) is 1.70.